The number of morpholine rings is 1. The van der Waals surface area contributed by atoms with Gasteiger partial charge in [-0.25, -0.2) is 0 Å². The third-order valence-corrected chi connectivity index (χ3v) is 4.61. The normalized spacial score (nSPS) is 34.3. The van der Waals surface area contributed by atoms with Gasteiger partial charge in [-0.1, -0.05) is 0 Å². The zero-order valence-corrected chi connectivity index (χ0v) is 13.9. The summed E-state index contributed by atoms with van der Waals surface area (Å²) in [5.41, 5.74) is -0.507. The van der Waals surface area contributed by atoms with Gasteiger partial charge in [-0.15, -0.1) is 0 Å². The van der Waals surface area contributed by atoms with Crippen LogP contribution in [0.4, 0.5) is 0 Å². The van der Waals surface area contributed by atoms with Gasteiger partial charge in [0.15, 0.2) is 0 Å². The lowest BCUT2D eigenvalue weighted by molar-refractivity contribution is -0.151. The van der Waals surface area contributed by atoms with E-state index in [1.54, 1.807) is 0 Å². The van der Waals surface area contributed by atoms with Gasteiger partial charge in [0.1, 0.15) is 5.54 Å². The molecule has 3 unspecified atom stereocenters. The molecule has 122 valence electrons. The van der Waals surface area contributed by atoms with Crippen LogP contribution in [-0.4, -0.2) is 60.9 Å². The molecular weight excluding hydrogens is 268 g/mol. The van der Waals surface area contributed by atoms with Gasteiger partial charge in [0, 0.05) is 24.7 Å². The molecule has 2 rings (SSSR count). The zero-order chi connectivity index (χ0) is 15.5. The molecule has 5 heteroatoms. The monoisotopic (exact) mass is 298 g/mol. The molecule has 0 bridgehead atoms. The topological polar surface area (TPSA) is 50.8 Å². The lowest BCUT2D eigenvalue weighted by atomic mass is 9.95. The summed E-state index contributed by atoms with van der Waals surface area (Å²) in [4.78, 5) is 15.0. The van der Waals surface area contributed by atoms with E-state index in [4.69, 9.17) is 9.47 Å². The molecule has 0 aromatic heterocycles. The molecule has 0 radical (unpaired) electrons. The lowest BCUT2D eigenvalue weighted by Crippen LogP contribution is -2.56. The van der Waals surface area contributed by atoms with Crippen LogP contribution in [0, 0.1) is 0 Å². The Labute approximate surface area is 128 Å². The first-order valence-electron chi connectivity index (χ1n) is 8.27. The van der Waals surface area contributed by atoms with Gasteiger partial charge in [0.05, 0.1) is 19.8 Å². The van der Waals surface area contributed by atoms with Crippen LogP contribution in [0.5, 0.6) is 0 Å². The Hall–Kier alpha value is -0.650. The second kappa shape index (κ2) is 7.07. The minimum atomic E-state index is -0.507. The standard InChI is InChI=1S/C16H30N2O3/c1-5-21-15(19)16(17-12(2)3)7-6-14(10-16)18-8-9-20-11-13(18)4/h12-14,17H,5-11H2,1-4H3. The minimum Gasteiger partial charge on any atom is -0.465 e. The number of carbonyl (C=O) groups is 1. The Bertz CT molecular complexity index is 361. The van der Waals surface area contributed by atoms with Crippen molar-refractivity contribution in [1.29, 1.82) is 0 Å². The van der Waals surface area contributed by atoms with Crippen molar-refractivity contribution in [2.24, 2.45) is 0 Å². The summed E-state index contributed by atoms with van der Waals surface area (Å²) < 4.78 is 10.9. The first-order chi connectivity index (χ1) is 9.98. The number of ether oxygens (including phenoxy) is 2. The highest BCUT2D eigenvalue weighted by Gasteiger charge is 2.48. The van der Waals surface area contributed by atoms with Crippen LogP contribution >= 0.6 is 0 Å². The van der Waals surface area contributed by atoms with Crippen molar-refractivity contribution in [2.75, 3.05) is 26.4 Å². The summed E-state index contributed by atoms with van der Waals surface area (Å²) in [6.07, 6.45) is 2.75. The first kappa shape index (κ1) is 16.7. The Morgan fingerprint density at radius 2 is 2.29 bits per heavy atom. The van der Waals surface area contributed by atoms with E-state index in [1.165, 1.54) is 0 Å². The molecule has 2 aliphatic rings. The molecule has 1 heterocycles. The molecule has 2 fully saturated rings. The highest BCUT2D eigenvalue weighted by Crippen LogP contribution is 2.36. The number of hydrogen-bond donors (Lipinski definition) is 1. The van der Waals surface area contributed by atoms with Gasteiger partial charge in [-0.2, -0.15) is 0 Å². The summed E-state index contributed by atoms with van der Waals surface area (Å²) in [6, 6.07) is 1.15. The van der Waals surface area contributed by atoms with Gasteiger partial charge in [-0.3, -0.25) is 15.0 Å². The molecule has 0 aromatic rings. The molecule has 1 aliphatic carbocycles. The van der Waals surface area contributed by atoms with Gasteiger partial charge in [-0.05, 0) is 47.0 Å². The Balaban J connectivity index is 2.08. The fourth-order valence-corrected chi connectivity index (χ4v) is 3.78. The average Bonchev–Trinajstić information content (AvgIpc) is 2.84. The maximum Gasteiger partial charge on any atom is 0.326 e. The summed E-state index contributed by atoms with van der Waals surface area (Å²) >= 11 is 0. The molecular formula is C16H30N2O3. The fraction of sp³-hybridized carbons (Fsp3) is 0.938. The zero-order valence-electron chi connectivity index (χ0n) is 13.9. The predicted molar refractivity (Wildman–Crippen MR) is 82.3 cm³/mol. The quantitative estimate of drug-likeness (QED) is 0.781. The number of nitrogens with zero attached hydrogens (tertiary/aromatic N) is 1. The van der Waals surface area contributed by atoms with Crippen molar-refractivity contribution >= 4 is 5.97 Å². The molecule has 1 aliphatic heterocycles. The van der Waals surface area contributed by atoms with E-state index >= 15 is 0 Å². The van der Waals surface area contributed by atoms with Crippen molar-refractivity contribution in [3.8, 4) is 0 Å². The number of carbonyl (C=O) groups excluding carboxylic acids is 1. The number of nitrogens with one attached hydrogen (secondary N) is 1. The largest absolute Gasteiger partial charge is 0.465 e. The van der Waals surface area contributed by atoms with Gasteiger partial charge >= 0.3 is 5.97 Å². The molecule has 1 saturated carbocycles. The average molecular weight is 298 g/mol. The van der Waals surface area contributed by atoms with Crippen molar-refractivity contribution in [1.82, 2.24) is 10.2 Å². The SMILES string of the molecule is CCOC(=O)C1(NC(C)C)CCC(N2CCOCC2C)C1. The summed E-state index contributed by atoms with van der Waals surface area (Å²) in [5, 5.41) is 3.49. The van der Waals surface area contributed by atoms with Crippen LogP contribution < -0.4 is 5.32 Å². The molecule has 1 saturated heterocycles. The van der Waals surface area contributed by atoms with Gasteiger partial charge in [0.2, 0.25) is 0 Å². The van der Waals surface area contributed by atoms with Crippen LogP contribution in [0.15, 0.2) is 0 Å². The fourth-order valence-electron chi connectivity index (χ4n) is 3.78. The van der Waals surface area contributed by atoms with E-state index in [0.29, 0.717) is 18.7 Å². The van der Waals surface area contributed by atoms with Crippen LogP contribution in [0.2, 0.25) is 0 Å². The van der Waals surface area contributed by atoms with E-state index in [1.807, 2.05) is 6.92 Å². The van der Waals surface area contributed by atoms with Gasteiger partial charge < -0.3 is 9.47 Å². The Morgan fingerprint density at radius 1 is 1.52 bits per heavy atom. The molecule has 1 N–H and O–H groups in total. The lowest BCUT2D eigenvalue weighted by Gasteiger charge is -2.39. The van der Waals surface area contributed by atoms with Crippen molar-refractivity contribution < 1.29 is 14.3 Å². The molecule has 0 spiro atoms. The second-order valence-corrected chi connectivity index (χ2v) is 6.66. The third kappa shape index (κ3) is 3.76. The van der Waals surface area contributed by atoms with E-state index in [9.17, 15) is 4.79 Å². The summed E-state index contributed by atoms with van der Waals surface area (Å²) in [5.74, 6) is -0.0814. The van der Waals surface area contributed by atoms with Crippen LogP contribution in [0.1, 0.15) is 47.0 Å². The van der Waals surface area contributed by atoms with E-state index < -0.39 is 5.54 Å². The predicted octanol–water partition coefficient (Wildman–Crippen LogP) is 1.56. The van der Waals surface area contributed by atoms with Crippen LogP contribution in [-0.2, 0) is 14.3 Å². The maximum absolute atomic E-state index is 12.5. The third-order valence-electron chi connectivity index (χ3n) is 4.61. The van der Waals surface area contributed by atoms with Gasteiger partial charge in [0.25, 0.3) is 0 Å². The van der Waals surface area contributed by atoms with Crippen molar-refractivity contribution in [3.05, 3.63) is 0 Å². The number of hydrogen-bond acceptors (Lipinski definition) is 5. The molecule has 0 amide bonds. The smallest absolute Gasteiger partial charge is 0.326 e. The Kier molecular flexibility index (Phi) is 5.63. The number of esters is 1. The minimum absolute atomic E-state index is 0.0814. The summed E-state index contributed by atoms with van der Waals surface area (Å²) in [6.45, 7) is 11.3. The van der Waals surface area contributed by atoms with Crippen molar-refractivity contribution in [3.63, 3.8) is 0 Å². The van der Waals surface area contributed by atoms with Crippen molar-refractivity contribution in [2.45, 2.75) is 70.6 Å². The molecule has 3 atom stereocenters. The molecule has 0 aromatic carbocycles. The number of rotatable bonds is 5. The van der Waals surface area contributed by atoms with E-state index in [2.05, 4.69) is 31.0 Å². The Morgan fingerprint density at radius 3 is 2.90 bits per heavy atom. The van der Waals surface area contributed by atoms with E-state index in [0.717, 1.165) is 39.0 Å². The summed E-state index contributed by atoms with van der Waals surface area (Å²) in [7, 11) is 0. The highest BCUT2D eigenvalue weighted by atomic mass is 16.5. The first-order valence-corrected chi connectivity index (χ1v) is 8.27. The highest BCUT2D eigenvalue weighted by molar-refractivity contribution is 5.81. The molecule has 21 heavy (non-hydrogen) atoms. The molecule has 5 nitrogen and oxygen atoms in total. The van der Waals surface area contributed by atoms with Crippen LogP contribution in [0.3, 0.4) is 0 Å². The maximum atomic E-state index is 12.5. The van der Waals surface area contributed by atoms with E-state index in [-0.39, 0.29) is 12.0 Å². The second-order valence-electron chi connectivity index (χ2n) is 6.66. The van der Waals surface area contributed by atoms with Crippen LogP contribution in [0.25, 0.3) is 0 Å².